The number of hydrogen-bond donors (Lipinski definition) is 2. The molecule has 5 heteroatoms. The molecule has 3 N–H and O–H groups in total. The molecule has 1 aromatic heterocycles. The lowest BCUT2D eigenvalue weighted by Crippen LogP contribution is -2.27. The molecule has 0 bridgehead atoms. The Labute approximate surface area is 84.3 Å². The molecule has 0 spiro atoms. The van der Waals surface area contributed by atoms with Crippen LogP contribution in [0, 0.1) is 6.92 Å². The fourth-order valence-corrected chi connectivity index (χ4v) is 1.06. The Bertz CT molecular complexity index is 310. The van der Waals surface area contributed by atoms with Gasteiger partial charge in [-0.15, -0.1) is 0 Å². The fraction of sp³-hybridized carbons (Fsp3) is 0.556. The summed E-state index contributed by atoms with van der Waals surface area (Å²) in [5.74, 6) is 6.60. The molecule has 0 saturated carbocycles. The highest BCUT2D eigenvalue weighted by Gasteiger charge is 2.08. The van der Waals surface area contributed by atoms with E-state index in [1.807, 2.05) is 20.0 Å². The number of aryl methyl sites for hydroxylation is 1. The first-order valence-electron chi connectivity index (χ1n) is 4.59. The van der Waals surface area contributed by atoms with Crippen LogP contribution in [0.15, 0.2) is 6.07 Å². The Morgan fingerprint density at radius 1 is 1.43 bits per heavy atom. The standard InChI is InChI=1S/C9H17N5/c1-6(2)14(4)8-5-7(3)11-9(12-8)13-10/h5-6H,10H2,1-4H3,(H,11,12,13). The second kappa shape index (κ2) is 4.23. The summed E-state index contributed by atoms with van der Waals surface area (Å²) >= 11 is 0. The molecule has 0 radical (unpaired) electrons. The van der Waals surface area contributed by atoms with Gasteiger partial charge >= 0.3 is 0 Å². The van der Waals surface area contributed by atoms with E-state index in [0.29, 0.717) is 12.0 Å². The van der Waals surface area contributed by atoms with Crippen LogP contribution >= 0.6 is 0 Å². The van der Waals surface area contributed by atoms with Gasteiger partial charge in [-0.3, -0.25) is 5.43 Å². The van der Waals surface area contributed by atoms with E-state index < -0.39 is 0 Å². The summed E-state index contributed by atoms with van der Waals surface area (Å²) in [6.07, 6.45) is 0. The van der Waals surface area contributed by atoms with E-state index in [0.717, 1.165) is 11.5 Å². The van der Waals surface area contributed by atoms with Crippen LogP contribution < -0.4 is 16.2 Å². The maximum atomic E-state index is 5.27. The Morgan fingerprint density at radius 2 is 2.07 bits per heavy atom. The summed E-state index contributed by atoms with van der Waals surface area (Å²) < 4.78 is 0. The Morgan fingerprint density at radius 3 is 2.57 bits per heavy atom. The van der Waals surface area contributed by atoms with Gasteiger partial charge in [0.25, 0.3) is 0 Å². The number of rotatable bonds is 3. The first kappa shape index (κ1) is 10.7. The van der Waals surface area contributed by atoms with Crippen molar-refractivity contribution >= 4 is 11.8 Å². The minimum atomic E-state index is 0.398. The van der Waals surface area contributed by atoms with Gasteiger partial charge in [-0.2, -0.15) is 4.98 Å². The number of nitrogens with one attached hydrogen (secondary N) is 1. The van der Waals surface area contributed by atoms with Crippen molar-refractivity contribution in [1.29, 1.82) is 0 Å². The third kappa shape index (κ3) is 2.32. The lowest BCUT2D eigenvalue weighted by atomic mass is 10.3. The minimum Gasteiger partial charge on any atom is -0.357 e. The predicted octanol–water partition coefficient (Wildman–Crippen LogP) is 0.915. The number of nitrogens with zero attached hydrogens (tertiary/aromatic N) is 3. The van der Waals surface area contributed by atoms with Gasteiger partial charge in [-0.25, -0.2) is 10.8 Å². The summed E-state index contributed by atoms with van der Waals surface area (Å²) in [6, 6.07) is 2.33. The summed E-state index contributed by atoms with van der Waals surface area (Å²) in [7, 11) is 1.99. The summed E-state index contributed by atoms with van der Waals surface area (Å²) in [4.78, 5) is 10.4. The smallest absolute Gasteiger partial charge is 0.239 e. The van der Waals surface area contributed by atoms with E-state index in [4.69, 9.17) is 5.84 Å². The maximum Gasteiger partial charge on any atom is 0.239 e. The largest absolute Gasteiger partial charge is 0.357 e. The van der Waals surface area contributed by atoms with E-state index in [1.165, 1.54) is 0 Å². The molecule has 14 heavy (non-hydrogen) atoms. The predicted molar refractivity (Wildman–Crippen MR) is 58.1 cm³/mol. The average molecular weight is 195 g/mol. The van der Waals surface area contributed by atoms with Crippen LogP contribution in [-0.2, 0) is 0 Å². The van der Waals surface area contributed by atoms with Crippen molar-refractivity contribution in [2.24, 2.45) is 5.84 Å². The van der Waals surface area contributed by atoms with E-state index in [9.17, 15) is 0 Å². The molecule has 1 aromatic rings. The topological polar surface area (TPSA) is 67.1 Å². The van der Waals surface area contributed by atoms with E-state index in [1.54, 1.807) is 0 Å². The molecule has 0 fully saturated rings. The lowest BCUT2D eigenvalue weighted by molar-refractivity contribution is 0.741. The average Bonchev–Trinajstić information content (AvgIpc) is 2.15. The molecular formula is C9H17N5. The number of aromatic nitrogens is 2. The molecule has 0 aliphatic heterocycles. The highest BCUT2D eigenvalue weighted by molar-refractivity contribution is 5.44. The third-order valence-corrected chi connectivity index (χ3v) is 2.11. The molecule has 0 atom stereocenters. The monoisotopic (exact) mass is 195 g/mol. The van der Waals surface area contributed by atoms with Gasteiger partial charge in [0.1, 0.15) is 5.82 Å². The zero-order valence-electron chi connectivity index (χ0n) is 9.07. The lowest BCUT2D eigenvalue weighted by Gasteiger charge is -2.22. The van der Waals surface area contributed by atoms with E-state index in [2.05, 4.69) is 34.1 Å². The van der Waals surface area contributed by atoms with Crippen LogP contribution in [0.3, 0.4) is 0 Å². The highest BCUT2D eigenvalue weighted by Crippen LogP contribution is 2.14. The van der Waals surface area contributed by atoms with E-state index in [-0.39, 0.29) is 0 Å². The number of nitrogen functional groups attached to an aromatic ring is 1. The van der Waals surface area contributed by atoms with Crippen molar-refractivity contribution in [2.45, 2.75) is 26.8 Å². The highest BCUT2D eigenvalue weighted by atomic mass is 15.3. The van der Waals surface area contributed by atoms with Crippen molar-refractivity contribution in [3.63, 3.8) is 0 Å². The Hall–Kier alpha value is -1.36. The number of hydrogen-bond acceptors (Lipinski definition) is 5. The fourth-order valence-electron chi connectivity index (χ4n) is 1.06. The van der Waals surface area contributed by atoms with Gasteiger partial charge in [0.2, 0.25) is 5.95 Å². The first-order chi connectivity index (χ1) is 6.54. The minimum absolute atomic E-state index is 0.398. The second-order valence-corrected chi connectivity index (χ2v) is 3.54. The number of nitrogens with two attached hydrogens (primary N) is 1. The van der Waals surface area contributed by atoms with Crippen molar-refractivity contribution in [1.82, 2.24) is 9.97 Å². The maximum absolute atomic E-state index is 5.27. The van der Waals surface area contributed by atoms with Gasteiger partial charge in [-0.1, -0.05) is 0 Å². The SMILES string of the molecule is Cc1cc(N(C)C(C)C)nc(NN)n1. The van der Waals surface area contributed by atoms with Gasteiger partial charge < -0.3 is 4.90 Å². The number of anilines is 2. The van der Waals surface area contributed by atoms with E-state index >= 15 is 0 Å². The molecular weight excluding hydrogens is 178 g/mol. The van der Waals surface area contributed by atoms with Gasteiger partial charge in [0.05, 0.1) is 0 Å². The zero-order chi connectivity index (χ0) is 10.7. The quantitative estimate of drug-likeness (QED) is 0.554. The van der Waals surface area contributed by atoms with Crippen molar-refractivity contribution < 1.29 is 0 Å². The van der Waals surface area contributed by atoms with Crippen LogP contribution in [0.2, 0.25) is 0 Å². The normalized spacial score (nSPS) is 10.4. The van der Waals surface area contributed by atoms with Gasteiger partial charge in [-0.05, 0) is 20.8 Å². The molecule has 0 unspecified atom stereocenters. The molecule has 1 heterocycles. The molecule has 1 rings (SSSR count). The molecule has 0 aliphatic carbocycles. The molecule has 5 nitrogen and oxygen atoms in total. The van der Waals surface area contributed by atoms with Crippen molar-refractivity contribution in [3.05, 3.63) is 11.8 Å². The Balaban J connectivity index is 3.02. The summed E-state index contributed by atoms with van der Waals surface area (Å²) in [5, 5.41) is 0. The van der Waals surface area contributed by atoms with Gasteiger partial charge in [0, 0.05) is 24.8 Å². The summed E-state index contributed by atoms with van der Waals surface area (Å²) in [6.45, 7) is 6.13. The molecule has 0 saturated heterocycles. The number of hydrazine groups is 1. The van der Waals surface area contributed by atoms with Gasteiger partial charge in [0.15, 0.2) is 0 Å². The van der Waals surface area contributed by atoms with Crippen LogP contribution in [0.4, 0.5) is 11.8 Å². The first-order valence-corrected chi connectivity index (χ1v) is 4.59. The van der Waals surface area contributed by atoms with Crippen LogP contribution in [0.1, 0.15) is 19.5 Å². The van der Waals surface area contributed by atoms with Crippen molar-refractivity contribution in [2.75, 3.05) is 17.4 Å². The summed E-state index contributed by atoms with van der Waals surface area (Å²) in [5.41, 5.74) is 3.35. The molecule has 78 valence electrons. The van der Waals surface area contributed by atoms with Crippen LogP contribution in [0.5, 0.6) is 0 Å². The van der Waals surface area contributed by atoms with Crippen LogP contribution in [-0.4, -0.2) is 23.1 Å². The Kier molecular flexibility index (Phi) is 3.24. The molecule has 0 aromatic carbocycles. The van der Waals surface area contributed by atoms with Crippen molar-refractivity contribution in [3.8, 4) is 0 Å². The third-order valence-electron chi connectivity index (χ3n) is 2.11. The zero-order valence-corrected chi connectivity index (χ0v) is 9.07. The molecule has 0 amide bonds. The molecule has 0 aliphatic rings. The van der Waals surface area contributed by atoms with Crippen LogP contribution in [0.25, 0.3) is 0 Å². The second-order valence-electron chi connectivity index (χ2n) is 3.54.